The fourth-order valence-corrected chi connectivity index (χ4v) is 6.37. The zero-order valence-corrected chi connectivity index (χ0v) is 17.4. The van der Waals surface area contributed by atoms with E-state index in [-0.39, 0.29) is 23.0 Å². The van der Waals surface area contributed by atoms with Crippen LogP contribution in [0.1, 0.15) is 58.4 Å². The molecule has 1 saturated carbocycles. The van der Waals surface area contributed by atoms with Crippen molar-refractivity contribution >= 4 is 5.97 Å². The molecule has 3 nitrogen and oxygen atoms in total. The van der Waals surface area contributed by atoms with Crippen LogP contribution in [0, 0.1) is 17.8 Å². The first-order valence-corrected chi connectivity index (χ1v) is 11.1. The molecule has 1 aromatic carbocycles. The van der Waals surface area contributed by atoms with Crippen LogP contribution >= 0.6 is 0 Å². The summed E-state index contributed by atoms with van der Waals surface area (Å²) in [5, 5.41) is 0. The number of hydrogen-bond acceptors (Lipinski definition) is 3. The van der Waals surface area contributed by atoms with Gasteiger partial charge in [0, 0.05) is 24.4 Å². The maximum absolute atomic E-state index is 13.4. The molecule has 0 aromatic heterocycles. The Kier molecular flexibility index (Phi) is 4.24. The van der Waals surface area contributed by atoms with Crippen LogP contribution in [0.5, 0.6) is 0 Å². The lowest BCUT2D eigenvalue weighted by atomic mass is 9.64. The normalized spacial score (nSPS) is 41.4. The second-order valence-electron chi connectivity index (χ2n) is 10.2. The minimum atomic E-state index is -0.334. The largest absolute Gasteiger partial charge is 0.461 e. The molecule has 2 bridgehead atoms. The van der Waals surface area contributed by atoms with Crippen molar-refractivity contribution in [3.8, 4) is 0 Å². The summed E-state index contributed by atoms with van der Waals surface area (Å²) in [7, 11) is 0. The van der Waals surface area contributed by atoms with Crippen molar-refractivity contribution < 1.29 is 9.53 Å². The molecule has 7 atom stereocenters. The Morgan fingerprint density at radius 2 is 1.89 bits per heavy atom. The topological polar surface area (TPSA) is 29.3 Å². The molecule has 0 radical (unpaired) electrons. The molecule has 3 aliphatic heterocycles. The summed E-state index contributed by atoms with van der Waals surface area (Å²) in [5.74, 6) is 1.40. The van der Waals surface area contributed by atoms with Gasteiger partial charge < -0.3 is 4.74 Å². The first-order chi connectivity index (χ1) is 13.4. The van der Waals surface area contributed by atoms with Crippen LogP contribution in [0.15, 0.2) is 42.5 Å². The fourth-order valence-electron chi connectivity index (χ4n) is 6.37. The summed E-state index contributed by atoms with van der Waals surface area (Å²) in [6.45, 7) is 7.86. The van der Waals surface area contributed by atoms with Gasteiger partial charge in [-0.1, -0.05) is 69.7 Å². The molecule has 1 unspecified atom stereocenters. The van der Waals surface area contributed by atoms with E-state index in [2.05, 4.69) is 68.2 Å². The number of esters is 1. The van der Waals surface area contributed by atoms with Crippen molar-refractivity contribution in [1.29, 1.82) is 0 Å². The van der Waals surface area contributed by atoms with Crippen molar-refractivity contribution in [2.24, 2.45) is 17.8 Å². The Labute approximate surface area is 169 Å². The third-order valence-electron chi connectivity index (χ3n) is 8.28. The van der Waals surface area contributed by atoms with Crippen LogP contribution < -0.4 is 0 Å². The average molecular weight is 380 g/mol. The van der Waals surface area contributed by atoms with Crippen LogP contribution in [-0.4, -0.2) is 35.1 Å². The van der Waals surface area contributed by atoms with E-state index < -0.39 is 0 Å². The minimum absolute atomic E-state index is 0.00127. The first-order valence-electron chi connectivity index (χ1n) is 11.1. The summed E-state index contributed by atoms with van der Waals surface area (Å²) in [6, 6.07) is 11.2. The third-order valence-corrected chi connectivity index (χ3v) is 8.28. The Morgan fingerprint density at radius 1 is 1.11 bits per heavy atom. The number of piperidine rings is 1. The van der Waals surface area contributed by atoms with Gasteiger partial charge in [-0.2, -0.15) is 0 Å². The summed E-state index contributed by atoms with van der Waals surface area (Å²) in [5.41, 5.74) is 1.01. The molecular formula is C25H33NO2. The number of hydrogen-bond donors (Lipinski definition) is 0. The minimum Gasteiger partial charge on any atom is -0.461 e. The predicted octanol–water partition coefficient (Wildman–Crippen LogP) is 4.72. The number of rotatable bonds is 4. The summed E-state index contributed by atoms with van der Waals surface area (Å²) < 4.78 is 6.40. The van der Waals surface area contributed by atoms with Gasteiger partial charge in [0.05, 0.1) is 0 Å². The number of carbonyl (C=O) groups is 1. The fraction of sp³-hybridized carbons (Fsp3) is 0.640. The molecule has 150 valence electrons. The van der Waals surface area contributed by atoms with Gasteiger partial charge in [0.1, 0.15) is 11.6 Å². The average Bonchev–Trinajstić information content (AvgIpc) is 3.49. The van der Waals surface area contributed by atoms with E-state index in [9.17, 15) is 4.79 Å². The van der Waals surface area contributed by atoms with Gasteiger partial charge in [-0.25, -0.2) is 4.79 Å². The summed E-state index contributed by atoms with van der Waals surface area (Å²) in [4.78, 5) is 15.8. The molecule has 0 amide bonds. The molecule has 0 spiro atoms. The standard InChI is InChI=1S/C25H33NO2/c1-17-9-14-21(24(2,3)18-7-5-4-6-8-18)22(15-17)28-23(27)25-16-26(25)20-12-10-19(25)11-13-20/h4-8,10,12,17,19-22H,9,11,13-16H2,1-3H3/t17-,19+,20-,21-,22-,25+,26?/m1/s1. The molecule has 28 heavy (non-hydrogen) atoms. The van der Waals surface area contributed by atoms with Crippen molar-refractivity contribution in [3.05, 3.63) is 48.0 Å². The van der Waals surface area contributed by atoms with Gasteiger partial charge in [0.25, 0.3) is 0 Å². The maximum atomic E-state index is 13.4. The number of benzene rings is 1. The Balaban J connectivity index is 1.38. The van der Waals surface area contributed by atoms with Crippen LogP contribution in [0.4, 0.5) is 0 Å². The lowest BCUT2D eigenvalue weighted by Gasteiger charge is -2.45. The van der Waals surface area contributed by atoms with Crippen molar-refractivity contribution in [2.75, 3.05) is 6.54 Å². The maximum Gasteiger partial charge on any atom is 0.328 e. The van der Waals surface area contributed by atoms with Gasteiger partial charge in [-0.3, -0.25) is 4.90 Å². The van der Waals surface area contributed by atoms with E-state index in [0.29, 0.717) is 23.8 Å². The van der Waals surface area contributed by atoms with Crippen LogP contribution in [0.2, 0.25) is 0 Å². The molecule has 3 fully saturated rings. The Morgan fingerprint density at radius 3 is 2.57 bits per heavy atom. The predicted molar refractivity (Wildman–Crippen MR) is 111 cm³/mol. The van der Waals surface area contributed by atoms with Crippen LogP contribution in [0.25, 0.3) is 0 Å². The Bertz CT molecular complexity index is 785. The molecule has 0 N–H and O–H groups in total. The van der Waals surface area contributed by atoms with E-state index in [1.807, 2.05) is 0 Å². The zero-order chi connectivity index (χ0) is 19.5. The van der Waals surface area contributed by atoms with E-state index in [1.54, 1.807) is 0 Å². The lowest BCUT2D eigenvalue weighted by molar-refractivity contribution is -0.164. The highest BCUT2D eigenvalue weighted by Gasteiger charge is 2.69. The van der Waals surface area contributed by atoms with E-state index >= 15 is 0 Å². The van der Waals surface area contributed by atoms with Crippen molar-refractivity contribution in [2.45, 2.75) is 76.0 Å². The third kappa shape index (κ3) is 2.69. The number of carbonyl (C=O) groups excluding carboxylic acids is 1. The molecule has 3 heteroatoms. The second-order valence-corrected chi connectivity index (χ2v) is 10.2. The van der Waals surface area contributed by atoms with Gasteiger partial charge >= 0.3 is 5.97 Å². The highest BCUT2D eigenvalue weighted by atomic mass is 16.5. The molecule has 3 heterocycles. The Hall–Kier alpha value is -1.61. The smallest absolute Gasteiger partial charge is 0.328 e. The highest BCUT2D eigenvalue weighted by Crippen LogP contribution is 2.54. The monoisotopic (exact) mass is 379 g/mol. The number of fused-ring (bicyclic) bond motifs is 1. The summed E-state index contributed by atoms with van der Waals surface area (Å²) in [6.07, 6.45) is 10.3. The van der Waals surface area contributed by atoms with E-state index in [1.165, 1.54) is 18.4 Å². The van der Waals surface area contributed by atoms with Crippen molar-refractivity contribution in [3.63, 3.8) is 0 Å². The van der Waals surface area contributed by atoms with Gasteiger partial charge in [-0.05, 0) is 42.6 Å². The zero-order valence-electron chi connectivity index (χ0n) is 17.4. The SMILES string of the molecule is C[C@@H]1CC[C@@H](C(C)(C)c2ccccc2)[C@H](OC(=O)[C@@]23CN2[C@@H]2C=C[C@H]3CC2)C1. The molecule has 2 aliphatic carbocycles. The molecule has 2 saturated heterocycles. The quantitative estimate of drug-likeness (QED) is 0.431. The number of nitrogens with zero attached hydrogens (tertiary/aromatic N) is 1. The molecule has 6 rings (SSSR count). The molecule has 5 aliphatic rings. The highest BCUT2D eigenvalue weighted by molar-refractivity contribution is 5.86. The van der Waals surface area contributed by atoms with Crippen LogP contribution in [0.3, 0.4) is 0 Å². The molecular weight excluding hydrogens is 346 g/mol. The van der Waals surface area contributed by atoms with E-state index in [0.717, 1.165) is 25.8 Å². The van der Waals surface area contributed by atoms with Crippen molar-refractivity contribution in [1.82, 2.24) is 4.90 Å². The van der Waals surface area contributed by atoms with Crippen LogP contribution in [-0.2, 0) is 14.9 Å². The summed E-state index contributed by atoms with van der Waals surface area (Å²) >= 11 is 0. The van der Waals surface area contributed by atoms with Gasteiger partial charge in [0.15, 0.2) is 0 Å². The molecule has 1 aromatic rings. The van der Waals surface area contributed by atoms with Gasteiger partial charge in [-0.15, -0.1) is 0 Å². The second kappa shape index (κ2) is 6.45. The number of ether oxygens (including phenoxy) is 1. The lowest BCUT2D eigenvalue weighted by Crippen LogP contribution is -2.50. The van der Waals surface area contributed by atoms with Gasteiger partial charge in [0.2, 0.25) is 0 Å². The first kappa shape index (κ1) is 18.4. The van der Waals surface area contributed by atoms with E-state index in [4.69, 9.17) is 4.74 Å².